The lowest BCUT2D eigenvalue weighted by Gasteiger charge is -2.20. The first-order valence-electron chi connectivity index (χ1n) is 9.49. The number of nitrogens with one attached hydrogen (secondary N) is 1. The first-order valence-corrected chi connectivity index (χ1v) is 9.49. The van der Waals surface area contributed by atoms with Crippen LogP contribution in [0.2, 0.25) is 0 Å². The van der Waals surface area contributed by atoms with E-state index in [-0.39, 0.29) is 7.43 Å². The first-order chi connectivity index (χ1) is 12.2. The Balaban J connectivity index is 0.00000338. The molecule has 4 heteroatoms. The predicted molar refractivity (Wildman–Crippen MR) is 111 cm³/mol. The van der Waals surface area contributed by atoms with Crippen molar-refractivity contribution in [1.82, 2.24) is 9.97 Å². The molecular formula is C22H35N3O. The standard InChI is InChI=1S/C21H31N3O.CH4/c1-4-10-19(11-5-2)24-21-20(16-22-17(3)23-21)25-15-9-14-18-12-7-6-8-13-18;/h6-8,12-13,16,19H,4-5,9-11,14-15H2,1-3H3,(H,22,23,24);1H4. The lowest BCUT2D eigenvalue weighted by atomic mass is 10.1. The van der Waals surface area contributed by atoms with E-state index < -0.39 is 0 Å². The Hall–Kier alpha value is -2.10. The van der Waals surface area contributed by atoms with Crippen LogP contribution in [0.4, 0.5) is 5.82 Å². The molecule has 0 aliphatic rings. The van der Waals surface area contributed by atoms with Gasteiger partial charge in [-0.05, 0) is 38.2 Å². The van der Waals surface area contributed by atoms with Gasteiger partial charge >= 0.3 is 0 Å². The second-order valence-electron chi connectivity index (χ2n) is 6.49. The number of hydrogen-bond acceptors (Lipinski definition) is 4. The average molecular weight is 358 g/mol. The highest BCUT2D eigenvalue weighted by Gasteiger charge is 2.12. The molecule has 0 amide bonds. The van der Waals surface area contributed by atoms with Crippen molar-refractivity contribution in [2.45, 2.75) is 72.8 Å². The molecular weight excluding hydrogens is 322 g/mol. The van der Waals surface area contributed by atoms with Crippen LogP contribution in [0.3, 0.4) is 0 Å². The van der Waals surface area contributed by atoms with E-state index >= 15 is 0 Å². The van der Waals surface area contributed by atoms with E-state index in [0.29, 0.717) is 12.6 Å². The normalized spacial score (nSPS) is 10.5. The van der Waals surface area contributed by atoms with Gasteiger partial charge in [0.2, 0.25) is 0 Å². The van der Waals surface area contributed by atoms with Gasteiger partial charge in [-0.1, -0.05) is 64.4 Å². The van der Waals surface area contributed by atoms with Gasteiger partial charge in [-0.15, -0.1) is 0 Å². The molecule has 2 aromatic rings. The van der Waals surface area contributed by atoms with Crippen LogP contribution in [-0.4, -0.2) is 22.6 Å². The quantitative estimate of drug-likeness (QED) is 0.515. The van der Waals surface area contributed by atoms with E-state index in [4.69, 9.17) is 4.74 Å². The molecule has 144 valence electrons. The third-order valence-electron chi connectivity index (χ3n) is 4.20. The van der Waals surface area contributed by atoms with Gasteiger partial charge in [-0.3, -0.25) is 0 Å². The second kappa shape index (κ2) is 12.3. The van der Waals surface area contributed by atoms with Crippen molar-refractivity contribution < 1.29 is 4.74 Å². The topological polar surface area (TPSA) is 47.0 Å². The third kappa shape index (κ3) is 7.42. The molecule has 1 aromatic carbocycles. The number of aromatic nitrogens is 2. The molecule has 0 spiro atoms. The summed E-state index contributed by atoms with van der Waals surface area (Å²) >= 11 is 0. The lowest BCUT2D eigenvalue weighted by Crippen LogP contribution is -2.21. The number of rotatable bonds is 11. The molecule has 1 aromatic heterocycles. The van der Waals surface area contributed by atoms with Crippen LogP contribution in [-0.2, 0) is 6.42 Å². The van der Waals surface area contributed by atoms with E-state index in [1.807, 2.05) is 13.0 Å². The number of nitrogens with zero attached hydrogens (tertiary/aromatic N) is 2. The van der Waals surface area contributed by atoms with Crippen LogP contribution in [0.25, 0.3) is 0 Å². The van der Waals surface area contributed by atoms with Crippen molar-refractivity contribution in [3.8, 4) is 5.75 Å². The van der Waals surface area contributed by atoms with Gasteiger partial charge in [0.1, 0.15) is 5.82 Å². The van der Waals surface area contributed by atoms with Crippen molar-refractivity contribution in [1.29, 1.82) is 0 Å². The number of anilines is 1. The molecule has 0 bridgehead atoms. The minimum absolute atomic E-state index is 0. The molecule has 0 aliphatic heterocycles. The third-order valence-corrected chi connectivity index (χ3v) is 4.20. The molecule has 0 aliphatic carbocycles. The molecule has 1 heterocycles. The molecule has 1 N–H and O–H groups in total. The molecule has 4 nitrogen and oxygen atoms in total. The summed E-state index contributed by atoms with van der Waals surface area (Å²) in [7, 11) is 0. The molecule has 0 unspecified atom stereocenters. The van der Waals surface area contributed by atoms with Gasteiger partial charge in [0.25, 0.3) is 0 Å². The van der Waals surface area contributed by atoms with Crippen LogP contribution >= 0.6 is 0 Å². The van der Waals surface area contributed by atoms with Crippen molar-refractivity contribution in [2.24, 2.45) is 0 Å². The summed E-state index contributed by atoms with van der Waals surface area (Å²) in [5.74, 6) is 2.36. The minimum Gasteiger partial charge on any atom is -0.488 e. The van der Waals surface area contributed by atoms with Gasteiger partial charge in [0.05, 0.1) is 12.8 Å². The van der Waals surface area contributed by atoms with Crippen LogP contribution < -0.4 is 10.1 Å². The van der Waals surface area contributed by atoms with Crippen molar-refractivity contribution in [2.75, 3.05) is 11.9 Å². The summed E-state index contributed by atoms with van der Waals surface area (Å²) in [5.41, 5.74) is 1.34. The highest BCUT2D eigenvalue weighted by atomic mass is 16.5. The largest absolute Gasteiger partial charge is 0.488 e. The zero-order valence-electron chi connectivity index (χ0n) is 15.8. The maximum absolute atomic E-state index is 5.98. The monoisotopic (exact) mass is 357 g/mol. The molecule has 0 radical (unpaired) electrons. The Labute approximate surface area is 159 Å². The van der Waals surface area contributed by atoms with E-state index in [0.717, 1.165) is 55.9 Å². The van der Waals surface area contributed by atoms with Crippen molar-refractivity contribution >= 4 is 5.82 Å². The molecule has 0 atom stereocenters. The smallest absolute Gasteiger partial charge is 0.179 e. The summed E-state index contributed by atoms with van der Waals surface area (Å²) in [5, 5.41) is 3.57. The molecule has 0 saturated carbocycles. The Morgan fingerprint density at radius 3 is 2.42 bits per heavy atom. The van der Waals surface area contributed by atoms with Gasteiger partial charge in [-0.2, -0.15) is 0 Å². The molecule has 0 fully saturated rings. The van der Waals surface area contributed by atoms with Gasteiger partial charge in [0.15, 0.2) is 11.6 Å². The van der Waals surface area contributed by atoms with Crippen molar-refractivity contribution in [3.05, 3.63) is 47.9 Å². The summed E-state index contributed by atoms with van der Waals surface area (Å²) in [6.07, 6.45) is 8.40. The Morgan fingerprint density at radius 1 is 1.08 bits per heavy atom. The highest BCUT2D eigenvalue weighted by Crippen LogP contribution is 2.24. The van der Waals surface area contributed by atoms with E-state index in [1.54, 1.807) is 6.20 Å². The van der Waals surface area contributed by atoms with Crippen LogP contribution in [0.1, 0.15) is 64.8 Å². The van der Waals surface area contributed by atoms with Gasteiger partial charge in [-0.25, -0.2) is 9.97 Å². The molecule has 0 saturated heterocycles. The summed E-state index contributed by atoms with van der Waals surface area (Å²) in [4.78, 5) is 8.87. The number of aryl methyl sites for hydroxylation is 2. The summed E-state index contributed by atoms with van der Waals surface area (Å²) in [6, 6.07) is 11.0. The fourth-order valence-electron chi connectivity index (χ4n) is 2.95. The zero-order valence-corrected chi connectivity index (χ0v) is 15.8. The fourth-order valence-corrected chi connectivity index (χ4v) is 2.95. The second-order valence-corrected chi connectivity index (χ2v) is 6.49. The SMILES string of the molecule is C.CCCC(CCC)Nc1nc(C)ncc1OCCCc1ccccc1. The molecule has 26 heavy (non-hydrogen) atoms. The summed E-state index contributed by atoms with van der Waals surface area (Å²) in [6.45, 7) is 7.02. The minimum atomic E-state index is 0. The molecule has 2 rings (SSSR count). The van der Waals surface area contributed by atoms with Crippen LogP contribution in [0.15, 0.2) is 36.5 Å². The van der Waals surface area contributed by atoms with Gasteiger partial charge in [0, 0.05) is 6.04 Å². The van der Waals surface area contributed by atoms with Crippen LogP contribution in [0.5, 0.6) is 5.75 Å². The average Bonchev–Trinajstić information content (AvgIpc) is 2.61. The van der Waals surface area contributed by atoms with E-state index in [1.165, 1.54) is 5.56 Å². The maximum Gasteiger partial charge on any atom is 0.179 e. The fraction of sp³-hybridized carbons (Fsp3) is 0.545. The highest BCUT2D eigenvalue weighted by molar-refractivity contribution is 5.49. The van der Waals surface area contributed by atoms with E-state index in [9.17, 15) is 0 Å². The predicted octanol–water partition coefficient (Wildman–Crippen LogP) is 5.81. The lowest BCUT2D eigenvalue weighted by molar-refractivity contribution is 0.309. The Morgan fingerprint density at radius 2 is 1.77 bits per heavy atom. The summed E-state index contributed by atoms with van der Waals surface area (Å²) < 4.78 is 5.98. The van der Waals surface area contributed by atoms with Crippen LogP contribution in [0, 0.1) is 6.92 Å². The van der Waals surface area contributed by atoms with E-state index in [2.05, 4.69) is 53.4 Å². The van der Waals surface area contributed by atoms with Gasteiger partial charge < -0.3 is 10.1 Å². The zero-order chi connectivity index (χ0) is 17.9. The van der Waals surface area contributed by atoms with Crippen molar-refractivity contribution in [3.63, 3.8) is 0 Å². The maximum atomic E-state index is 5.98. The number of ether oxygens (including phenoxy) is 1. The number of hydrogen-bond donors (Lipinski definition) is 1. The number of benzene rings is 1. The Kier molecular flexibility index (Phi) is 10.4. The first kappa shape index (κ1) is 21.9. The Bertz CT molecular complexity index is 610.